The van der Waals surface area contributed by atoms with Crippen LogP contribution >= 0.6 is 0 Å². The van der Waals surface area contributed by atoms with Crippen LogP contribution in [0.2, 0.25) is 0 Å². The van der Waals surface area contributed by atoms with Crippen LogP contribution in [0.25, 0.3) is 11.3 Å². The maximum atomic E-state index is 12.6. The summed E-state index contributed by atoms with van der Waals surface area (Å²) < 4.78 is 0. The Hall–Kier alpha value is -3.35. The molecule has 1 saturated carbocycles. The Kier molecular flexibility index (Phi) is 3.81. The zero-order chi connectivity index (χ0) is 17.2. The maximum absolute atomic E-state index is 12.6. The molecule has 7 nitrogen and oxygen atoms in total. The topological polar surface area (TPSA) is 101 Å². The van der Waals surface area contributed by atoms with Gasteiger partial charge in [0.2, 0.25) is 0 Å². The van der Waals surface area contributed by atoms with Crippen molar-refractivity contribution >= 4 is 11.6 Å². The van der Waals surface area contributed by atoms with Crippen LogP contribution < -0.4 is 10.9 Å². The third-order valence-electron chi connectivity index (χ3n) is 3.95. The number of anilines is 1. The van der Waals surface area contributed by atoms with Crippen molar-refractivity contribution in [2.24, 2.45) is 0 Å². The van der Waals surface area contributed by atoms with Crippen molar-refractivity contribution in [2.45, 2.75) is 18.8 Å². The molecule has 0 aliphatic heterocycles. The molecule has 1 fully saturated rings. The van der Waals surface area contributed by atoms with E-state index in [9.17, 15) is 9.59 Å². The molecule has 0 atom stereocenters. The van der Waals surface area contributed by atoms with Crippen molar-refractivity contribution in [3.8, 4) is 11.3 Å². The van der Waals surface area contributed by atoms with Crippen molar-refractivity contribution in [2.75, 3.05) is 5.32 Å². The minimum Gasteiger partial charge on any atom is -0.319 e. The molecule has 3 aromatic rings. The maximum Gasteiger partial charge on any atom is 0.274 e. The van der Waals surface area contributed by atoms with Crippen LogP contribution in [0.3, 0.4) is 0 Å². The molecule has 0 saturated heterocycles. The second kappa shape index (κ2) is 6.27. The van der Waals surface area contributed by atoms with Gasteiger partial charge in [0.1, 0.15) is 11.5 Å². The number of H-pyrrole nitrogens is 1. The summed E-state index contributed by atoms with van der Waals surface area (Å²) in [6, 6.07) is 8.36. The first-order valence-corrected chi connectivity index (χ1v) is 7.99. The molecule has 1 aliphatic carbocycles. The van der Waals surface area contributed by atoms with Crippen LogP contribution in [-0.4, -0.2) is 25.8 Å². The number of rotatable bonds is 4. The van der Waals surface area contributed by atoms with Gasteiger partial charge in [-0.1, -0.05) is 0 Å². The summed E-state index contributed by atoms with van der Waals surface area (Å²) in [7, 11) is 0. The fourth-order valence-corrected chi connectivity index (χ4v) is 2.57. The molecule has 25 heavy (non-hydrogen) atoms. The summed E-state index contributed by atoms with van der Waals surface area (Å²) in [5.41, 5.74) is 1.72. The highest BCUT2D eigenvalue weighted by molar-refractivity contribution is 6.04. The summed E-state index contributed by atoms with van der Waals surface area (Å²) in [6.07, 6.45) is 6.97. The van der Waals surface area contributed by atoms with Crippen molar-refractivity contribution < 1.29 is 4.79 Å². The van der Waals surface area contributed by atoms with Gasteiger partial charge in [0.15, 0.2) is 0 Å². The second-order valence-corrected chi connectivity index (χ2v) is 5.89. The lowest BCUT2D eigenvalue weighted by molar-refractivity contribution is 0.102. The lowest BCUT2D eigenvalue weighted by Gasteiger charge is -2.10. The van der Waals surface area contributed by atoms with E-state index in [0.717, 1.165) is 18.4 Å². The molecule has 0 aromatic carbocycles. The highest BCUT2D eigenvalue weighted by atomic mass is 16.2. The van der Waals surface area contributed by atoms with E-state index in [1.54, 1.807) is 36.8 Å². The third kappa shape index (κ3) is 3.30. The zero-order valence-corrected chi connectivity index (χ0v) is 13.3. The average Bonchev–Trinajstić information content (AvgIpc) is 3.47. The van der Waals surface area contributed by atoms with E-state index < -0.39 is 5.91 Å². The Bertz CT molecular complexity index is 980. The monoisotopic (exact) mass is 333 g/mol. The molecule has 1 aliphatic rings. The number of amides is 1. The fourth-order valence-electron chi connectivity index (χ4n) is 2.57. The molecular weight excluding hydrogens is 318 g/mol. The van der Waals surface area contributed by atoms with Gasteiger partial charge in [-0.05, 0) is 37.1 Å². The molecule has 0 unspecified atom stereocenters. The lowest BCUT2D eigenvalue weighted by atomic mass is 10.1. The molecule has 0 bridgehead atoms. The molecule has 1 amide bonds. The van der Waals surface area contributed by atoms with E-state index in [1.807, 2.05) is 6.07 Å². The van der Waals surface area contributed by atoms with Gasteiger partial charge < -0.3 is 10.3 Å². The van der Waals surface area contributed by atoms with Crippen molar-refractivity contribution in [3.63, 3.8) is 0 Å². The number of hydrogen-bond donors (Lipinski definition) is 2. The number of aromatic amines is 1. The van der Waals surface area contributed by atoms with E-state index in [-0.39, 0.29) is 17.2 Å². The third-order valence-corrected chi connectivity index (χ3v) is 3.95. The highest BCUT2D eigenvalue weighted by Crippen LogP contribution is 2.37. The van der Waals surface area contributed by atoms with Crippen LogP contribution in [0.5, 0.6) is 0 Å². The number of nitrogens with one attached hydrogen (secondary N) is 2. The van der Waals surface area contributed by atoms with Gasteiger partial charge in [0.05, 0.1) is 11.4 Å². The average molecular weight is 333 g/mol. The Labute approximate surface area is 143 Å². The molecular formula is C18H15N5O2. The first-order chi connectivity index (χ1) is 12.2. The first kappa shape index (κ1) is 15.2. The van der Waals surface area contributed by atoms with Gasteiger partial charge >= 0.3 is 0 Å². The van der Waals surface area contributed by atoms with Crippen LogP contribution in [-0.2, 0) is 0 Å². The van der Waals surface area contributed by atoms with Gasteiger partial charge in [-0.15, -0.1) is 0 Å². The largest absolute Gasteiger partial charge is 0.319 e. The molecule has 7 heteroatoms. The second-order valence-electron chi connectivity index (χ2n) is 5.89. The van der Waals surface area contributed by atoms with Crippen molar-refractivity contribution in [3.05, 3.63) is 70.8 Å². The van der Waals surface area contributed by atoms with Gasteiger partial charge in [-0.3, -0.25) is 19.6 Å². The normalized spacial score (nSPS) is 13.4. The van der Waals surface area contributed by atoms with E-state index in [4.69, 9.17) is 0 Å². The van der Waals surface area contributed by atoms with E-state index in [1.165, 1.54) is 6.07 Å². The number of carbonyl (C=O) groups excluding carboxylic acids is 1. The molecule has 3 aromatic heterocycles. The Morgan fingerprint density at radius 2 is 2.04 bits per heavy atom. The minimum absolute atomic E-state index is 0.103. The Balaban J connectivity index is 1.65. The number of nitrogens with zero attached hydrogens (tertiary/aromatic N) is 3. The number of aromatic nitrogens is 4. The quantitative estimate of drug-likeness (QED) is 0.763. The standard InChI is InChI=1S/C18H15N5O2/c24-15-9-14(21-17(23-15)11-5-6-11)18(25)22-13-4-2-8-20-16(13)12-3-1-7-19-10-12/h1-4,7-11H,5-6H2,(H,22,25)(H,21,23,24). The minimum atomic E-state index is -0.439. The van der Waals surface area contributed by atoms with Crippen LogP contribution in [0.15, 0.2) is 53.7 Å². The van der Waals surface area contributed by atoms with E-state index >= 15 is 0 Å². The van der Waals surface area contributed by atoms with Gasteiger partial charge in [0.25, 0.3) is 11.5 Å². The molecule has 3 heterocycles. The van der Waals surface area contributed by atoms with Crippen LogP contribution in [0.4, 0.5) is 5.69 Å². The van der Waals surface area contributed by atoms with Crippen LogP contribution in [0.1, 0.15) is 35.1 Å². The Morgan fingerprint density at radius 3 is 2.80 bits per heavy atom. The summed E-state index contributed by atoms with van der Waals surface area (Å²) in [5, 5.41) is 2.79. The van der Waals surface area contributed by atoms with E-state index in [2.05, 4.69) is 25.3 Å². The summed E-state index contributed by atoms with van der Waals surface area (Å²) >= 11 is 0. The lowest BCUT2D eigenvalue weighted by Crippen LogP contribution is -2.20. The highest BCUT2D eigenvalue weighted by Gasteiger charge is 2.27. The van der Waals surface area contributed by atoms with Crippen LogP contribution in [0, 0.1) is 0 Å². The predicted molar refractivity (Wildman–Crippen MR) is 92.3 cm³/mol. The van der Waals surface area contributed by atoms with Gasteiger partial charge in [0, 0.05) is 36.1 Å². The van der Waals surface area contributed by atoms with Crippen molar-refractivity contribution in [1.82, 2.24) is 19.9 Å². The van der Waals surface area contributed by atoms with Gasteiger partial charge in [-0.25, -0.2) is 4.98 Å². The number of pyridine rings is 2. The molecule has 4 rings (SSSR count). The van der Waals surface area contributed by atoms with E-state index in [0.29, 0.717) is 17.2 Å². The number of carbonyl (C=O) groups is 1. The van der Waals surface area contributed by atoms with Gasteiger partial charge in [-0.2, -0.15) is 0 Å². The van der Waals surface area contributed by atoms with Crippen molar-refractivity contribution in [1.29, 1.82) is 0 Å². The molecule has 0 spiro atoms. The smallest absolute Gasteiger partial charge is 0.274 e. The first-order valence-electron chi connectivity index (χ1n) is 7.99. The predicted octanol–water partition coefficient (Wildman–Crippen LogP) is 2.36. The summed E-state index contributed by atoms with van der Waals surface area (Å²) in [4.78, 5) is 39.8. The fraction of sp³-hybridized carbons (Fsp3) is 0.167. The molecule has 0 radical (unpaired) electrons. The summed E-state index contributed by atoms with van der Waals surface area (Å²) in [6.45, 7) is 0. The zero-order valence-electron chi connectivity index (χ0n) is 13.3. The summed E-state index contributed by atoms with van der Waals surface area (Å²) in [5.74, 6) is 0.396. The Morgan fingerprint density at radius 1 is 1.20 bits per heavy atom. The SMILES string of the molecule is O=C(Nc1cccnc1-c1cccnc1)c1cc(=O)[nH]c(C2CC2)n1. The number of hydrogen-bond acceptors (Lipinski definition) is 5. The molecule has 124 valence electrons. The molecule has 2 N–H and O–H groups in total.